The molecule has 5 nitrogen and oxygen atoms in total. The molecule has 20 heavy (non-hydrogen) atoms. The summed E-state index contributed by atoms with van der Waals surface area (Å²) < 4.78 is 0. The number of aliphatic hydroxyl groups excluding tert-OH is 1. The Kier molecular flexibility index (Phi) is 3.28. The Hall–Kier alpha value is -2.14. The largest absolute Gasteiger partial charge is 0.388 e. The number of nitrogens with two attached hydrogens (primary N) is 2. The highest BCUT2D eigenvalue weighted by molar-refractivity contribution is 5.47. The highest BCUT2D eigenvalue weighted by Gasteiger charge is 2.28. The average Bonchev–Trinajstić information content (AvgIpc) is 2.47. The van der Waals surface area contributed by atoms with Crippen LogP contribution in [0.5, 0.6) is 0 Å². The zero-order chi connectivity index (χ0) is 14.1. The fraction of sp³-hybridized carbons (Fsp3) is 0.333. The van der Waals surface area contributed by atoms with Gasteiger partial charge in [-0.05, 0) is 30.7 Å². The van der Waals surface area contributed by atoms with Gasteiger partial charge in [0.05, 0.1) is 11.8 Å². The number of benzene rings is 1. The summed E-state index contributed by atoms with van der Waals surface area (Å²) in [4.78, 5) is 8.26. The summed E-state index contributed by atoms with van der Waals surface area (Å²) >= 11 is 0. The van der Waals surface area contributed by atoms with Crippen molar-refractivity contribution in [2.75, 3.05) is 11.5 Å². The van der Waals surface area contributed by atoms with Crippen LogP contribution in [0.25, 0.3) is 0 Å². The molecule has 0 radical (unpaired) electrons. The van der Waals surface area contributed by atoms with Crippen molar-refractivity contribution in [2.24, 2.45) is 5.92 Å². The third-order valence-corrected chi connectivity index (χ3v) is 3.95. The van der Waals surface area contributed by atoms with Crippen molar-refractivity contribution in [3.8, 4) is 0 Å². The standard InChI is InChI=1S/C15H18N4O/c16-14-11-8-10(6-7-12(11)18-15(17)19-14)13(20)9-4-2-1-3-5-9/h1-5,10,13,20H,6-8H2,(H4,16,17,18,19). The quantitative estimate of drug-likeness (QED) is 0.767. The highest BCUT2D eigenvalue weighted by atomic mass is 16.3. The molecule has 0 amide bonds. The fourth-order valence-corrected chi connectivity index (χ4v) is 2.88. The molecule has 1 heterocycles. The Morgan fingerprint density at radius 1 is 1.15 bits per heavy atom. The molecular formula is C15H18N4O. The predicted molar refractivity (Wildman–Crippen MR) is 77.8 cm³/mol. The van der Waals surface area contributed by atoms with Crippen LogP contribution in [0.2, 0.25) is 0 Å². The summed E-state index contributed by atoms with van der Waals surface area (Å²) in [5.41, 5.74) is 14.3. The summed E-state index contributed by atoms with van der Waals surface area (Å²) in [6.45, 7) is 0. The fourth-order valence-electron chi connectivity index (χ4n) is 2.88. The van der Waals surface area contributed by atoms with Gasteiger partial charge in [-0.2, -0.15) is 4.98 Å². The summed E-state index contributed by atoms with van der Waals surface area (Å²) in [5, 5.41) is 10.5. The molecule has 2 aromatic rings. The van der Waals surface area contributed by atoms with Crippen molar-refractivity contribution in [3.63, 3.8) is 0 Å². The molecule has 1 aromatic heterocycles. The van der Waals surface area contributed by atoms with Gasteiger partial charge in [0.1, 0.15) is 5.82 Å². The number of aromatic nitrogens is 2. The lowest BCUT2D eigenvalue weighted by atomic mass is 9.81. The summed E-state index contributed by atoms with van der Waals surface area (Å²) in [6.07, 6.45) is 1.86. The van der Waals surface area contributed by atoms with Gasteiger partial charge in [-0.3, -0.25) is 0 Å². The number of aliphatic hydroxyl groups is 1. The molecular weight excluding hydrogens is 252 g/mol. The molecule has 5 N–H and O–H groups in total. The Morgan fingerprint density at radius 3 is 2.65 bits per heavy atom. The molecule has 0 fully saturated rings. The number of nitrogens with zero attached hydrogens (tertiary/aromatic N) is 2. The third kappa shape index (κ3) is 2.32. The number of nitrogen functional groups attached to an aromatic ring is 2. The van der Waals surface area contributed by atoms with Crippen LogP contribution in [0.4, 0.5) is 11.8 Å². The molecule has 3 rings (SSSR count). The van der Waals surface area contributed by atoms with E-state index in [1.54, 1.807) is 0 Å². The minimum Gasteiger partial charge on any atom is -0.388 e. The first kappa shape index (κ1) is 12.9. The van der Waals surface area contributed by atoms with Gasteiger partial charge in [0.15, 0.2) is 0 Å². The number of rotatable bonds is 2. The van der Waals surface area contributed by atoms with E-state index in [4.69, 9.17) is 11.5 Å². The molecule has 0 spiro atoms. The minimum absolute atomic E-state index is 0.138. The van der Waals surface area contributed by atoms with Crippen LogP contribution in [0, 0.1) is 5.92 Å². The van der Waals surface area contributed by atoms with E-state index >= 15 is 0 Å². The predicted octanol–water partition coefficient (Wildman–Crippen LogP) is 1.48. The zero-order valence-corrected chi connectivity index (χ0v) is 11.2. The van der Waals surface area contributed by atoms with Gasteiger partial charge in [0.25, 0.3) is 0 Å². The number of fused-ring (bicyclic) bond motifs is 1. The van der Waals surface area contributed by atoms with Crippen LogP contribution in [0.3, 0.4) is 0 Å². The molecule has 0 saturated heterocycles. The normalized spacial score (nSPS) is 19.4. The average molecular weight is 270 g/mol. The van der Waals surface area contributed by atoms with Crippen LogP contribution >= 0.6 is 0 Å². The first-order valence-electron chi connectivity index (χ1n) is 6.79. The molecule has 5 heteroatoms. The second-order valence-corrected chi connectivity index (χ2v) is 5.25. The molecule has 2 unspecified atom stereocenters. The molecule has 104 valence electrons. The number of aryl methyl sites for hydroxylation is 1. The Balaban J connectivity index is 1.85. The first-order valence-corrected chi connectivity index (χ1v) is 6.79. The molecule has 0 saturated carbocycles. The van der Waals surface area contributed by atoms with E-state index in [2.05, 4.69) is 9.97 Å². The molecule has 0 bridgehead atoms. The van der Waals surface area contributed by atoms with Gasteiger partial charge in [0.2, 0.25) is 5.95 Å². The molecule has 1 aliphatic rings. The maximum atomic E-state index is 10.5. The van der Waals surface area contributed by atoms with Crippen LogP contribution < -0.4 is 11.5 Å². The molecule has 2 atom stereocenters. The van der Waals surface area contributed by atoms with E-state index in [1.165, 1.54) is 0 Å². The topological polar surface area (TPSA) is 98.0 Å². The van der Waals surface area contributed by atoms with E-state index in [0.29, 0.717) is 12.2 Å². The van der Waals surface area contributed by atoms with E-state index in [1.807, 2.05) is 30.3 Å². The van der Waals surface area contributed by atoms with Gasteiger partial charge in [0, 0.05) is 5.56 Å². The number of anilines is 2. The van der Waals surface area contributed by atoms with Crippen molar-refractivity contribution < 1.29 is 5.11 Å². The maximum Gasteiger partial charge on any atom is 0.222 e. The van der Waals surface area contributed by atoms with Gasteiger partial charge < -0.3 is 16.6 Å². The van der Waals surface area contributed by atoms with Crippen molar-refractivity contribution >= 4 is 11.8 Å². The molecule has 0 aliphatic heterocycles. The lowest BCUT2D eigenvalue weighted by Crippen LogP contribution is -2.24. The number of hydrogen-bond acceptors (Lipinski definition) is 5. The Morgan fingerprint density at radius 2 is 1.90 bits per heavy atom. The van der Waals surface area contributed by atoms with Crippen molar-refractivity contribution in [1.82, 2.24) is 9.97 Å². The van der Waals surface area contributed by atoms with Crippen molar-refractivity contribution in [1.29, 1.82) is 0 Å². The summed E-state index contributed by atoms with van der Waals surface area (Å²) in [7, 11) is 0. The second-order valence-electron chi connectivity index (χ2n) is 5.25. The van der Waals surface area contributed by atoms with Gasteiger partial charge >= 0.3 is 0 Å². The maximum absolute atomic E-state index is 10.5. The van der Waals surface area contributed by atoms with Crippen molar-refractivity contribution in [3.05, 3.63) is 47.2 Å². The summed E-state index contributed by atoms with van der Waals surface area (Å²) in [6, 6.07) is 9.72. The monoisotopic (exact) mass is 270 g/mol. The zero-order valence-electron chi connectivity index (χ0n) is 11.2. The Bertz CT molecular complexity index is 615. The lowest BCUT2D eigenvalue weighted by Gasteiger charge is -2.28. The number of hydrogen-bond donors (Lipinski definition) is 3. The van der Waals surface area contributed by atoms with E-state index in [-0.39, 0.29) is 11.9 Å². The first-order chi connectivity index (χ1) is 9.65. The molecule has 1 aromatic carbocycles. The van der Waals surface area contributed by atoms with Crippen molar-refractivity contribution in [2.45, 2.75) is 25.4 Å². The van der Waals surface area contributed by atoms with Crippen LogP contribution in [-0.4, -0.2) is 15.1 Å². The van der Waals surface area contributed by atoms with Gasteiger partial charge in [-0.25, -0.2) is 4.98 Å². The van der Waals surface area contributed by atoms with E-state index in [0.717, 1.165) is 29.7 Å². The smallest absolute Gasteiger partial charge is 0.222 e. The van der Waals surface area contributed by atoms with E-state index in [9.17, 15) is 5.11 Å². The minimum atomic E-state index is -0.485. The third-order valence-electron chi connectivity index (χ3n) is 3.95. The van der Waals surface area contributed by atoms with Crippen LogP contribution in [0.15, 0.2) is 30.3 Å². The SMILES string of the molecule is Nc1nc(N)c2c(n1)CCC(C(O)c1ccccc1)C2. The van der Waals surface area contributed by atoms with Crippen LogP contribution in [-0.2, 0) is 12.8 Å². The van der Waals surface area contributed by atoms with Crippen LogP contribution in [0.1, 0.15) is 29.3 Å². The Labute approximate surface area is 117 Å². The highest BCUT2D eigenvalue weighted by Crippen LogP contribution is 2.35. The van der Waals surface area contributed by atoms with E-state index < -0.39 is 6.10 Å². The second kappa shape index (κ2) is 5.09. The van der Waals surface area contributed by atoms with Gasteiger partial charge in [-0.1, -0.05) is 30.3 Å². The molecule has 1 aliphatic carbocycles. The summed E-state index contributed by atoms with van der Waals surface area (Å²) in [5.74, 6) is 0.806. The lowest BCUT2D eigenvalue weighted by molar-refractivity contribution is 0.0992. The van der Waals surface area contributed by atoms with Gasteiger partial charge in [-0.15, -0.1) is 0 Å².